The molecule has 1 unspecified atom stereocenters. The van der Waals surface area contributed by atoms with Crippen molar-refractivity contribution in [1.29, 1.82) is 0 Å². The molecule has 0 bridgehead atoms. The number of anilines is 1. The summed E-state index contributed by atoms with van der Waals surface area (Å²) in [6, 6.07) is -0.461. The normalized spacial score (nSPS) is 12.2. The van der Waals surface area contributed by atoms with Crippen LogP contribution in [0.25, 0.3) is 0 Å². The lowest BCUT2D eigenvalue weighted by Crippen LogP contribution is -2.27. The maximum atomic E-state index is 10.7. The lowest BCUT2D eigenvalue weighted by atomic mass is 10.3. The van der Waals surface area contributed by atoms with Crippen LogP contribution in [-0.4, -0.2) is 36.0 Å². The number of ether oxygens (including phenoxy) is 1. The van der Waals surface area contributed by atoms with E-state index in [1.807, 2.05) is 0 Å². The summed E-state index contributed by atoms with van der Waals surface area (Å²) in [4.78, 5) is 18.4. The van der Waals surface area contributed by atoms with Crippen molar-refractivity contribution in [3.63, 3.8) is 0 Å². The van der Waals surface area contributed by atoms with Crippen LogP contribution in [0.4, 0.5) is 5.82 Å². The standard InChI is InChI=1S/C8H9BrClN3O2/c1-15-4-5(3-14)12-7-6(9)2-11-8(10)13-7/h2-3,5H,4H2,1H3,(H,11,12,13). The zero-order chi connectivity index (χ0) is 11.3. The van der Waals surface area contributed by atoms with E-state index in [-0.39, 0.29) is 11.9 Å². The molecule has 0 aliphatic rings. The predicted octanol–water partition coefficient (Wildman–Crippen LogP) is 1.52. The summed E-state index contributed by atoms with van der Waals surface area (Å²) in [6.07, 6.45) is 2.25. The smallest absolute Gasteiger partial charge is 0.224 e. The van der Waals surface area contributed by atoms with Crippen molar-refractivity contribution in [1.82, 2.24) is 9.97 Å². The molecule has 1 atom stereocenters. The third-order valence-corrected chi connectivity index (χ3v) is 2.31. The van der Waals surface area contributed by atoms with Gasteiger partial charge in [0.05, 0.1) is 11.1 Å². The van der Waals surface area contributed by atoms with Gasteiger partial charge in [0, 0.05) is 13.3 Å². The average Bonchev–Trinajstić information content (AvgIpc) is 2.22. The topological polar surface area (TPSA) is 64.1 Å². The molecule has 0 spiro atoms. The van der Waals surface area contributed by atoms with Gasteiger partial charge >= 0.3 is 0 Å². The Morgan fingerprint density at radius 1 is 1.80 bits per heavy atom. The summed E-state index contributed by atoms with van der Waals surface area (Å²) < 4.78 is 5.49. The van der Waals surface area contributed by atoms with E-state index in [1.54, 1.807) is 0 Å². The van der Waals surface area contributed by atoms with E-state index in [2.05, 4.69) is 31.2 Å². The Morgan fingerprint density at radius 3 is 3.13 bits per heavy atom. The summed E-state index contributed by atoms with van der Waals surface area (Å²) in [7, 11) is 1.51. The molecule has 0 aliphatic carbocycles. The van der Waals surface area contributed by atoms with Crippen molar-refractivity contribution in [2.45, 2.75) is 6.04 Å². The maximum absolute atomic E-state index is 10.7. The largest absolute Gasteiger partial charge is 0.382 e. The van der Waals surface area contributed by atoms with Crippen LogP contribution in [0.1, 0.15) is 0 Å². The number of methoxy groups -OCH3 is 1. The number of rotatable bonds is 5. The molecule has 82 valence electrons. The highest BCUT2D eigenvalue weighted by Gasteiger charge is 2.10. The number of halogens is 2. The first-order valence-corrected chi connectivity index (χ1v) is 5.23. The highest BCUT2D eigenvalue weighted by atomic mass is 79.9. The molecule has 0 radical (unpaired) electrons. The molecule has 0 aromatic carbocycles. The van der Waals surface area contributed by atoms with Crippen LogP contribution in [0.2, 0.25) is 5.28 Å². The Bertz CT molecular complexity index is 351. The van der Waals surface area contributed by atoms with Crippen LogP contribution in [-0.2, 0) is 9.53 Å². The molecule has 1 heterocycles. The Morgan fingerprint density at radius 2 is 2.53 bits per heavy atom. The first-order chi connectivity index (χ1) is 7.17. The number of carbonyl (C=O) groups excluding carboxylic acids is 1. The molecule has 0 aliphatic heterocycles. The van der Waals surface area contributed by atoms with Gasteiger partial charge in [-0.25, -0.2) is 4.98 Å². The molecule has 1 aromatic rings. The molecule has 0 fully saturated rings. The SMILES string of the molecule is COCC(C=O)Nc1nc(Cl)ncc1Br. The Hall–Kier alpha value is -0.720. The monoisotopic (exact) mass is 293 g/mol. The highest BCUT2D eigenvalue weighted by molar-refractivity contribution is 9.10. The quantitative estimate of drug-likeness (QED) is 0.659. The predicted molar refractivity (Wildman–Crippen MR) is 60.1 cm³/mol. The summed E-state index contributed by atoms with van der Waals surface area (Å²) in [5.74, 6) is 0.462. The fourth-order valence-corrected chi connectivity index (χ4v) is 1.36. The van der Waals surface area contributed by atoms with Crippen LogP contribution in [0.3, 0.4) is 0 Å². The lowest BCUT2D eigenvalue weighted by molar-refractivity contribution is -0.109. The number of nitrogens with zero attached hydrogens (tertiary/aromatic N) is 2. The number of aldehydes is 1. The Labute approximate surface area is 100 Å². The van der Waals surface area contributed by atoms with Crippen LogP contribution < -0.4 is 5.32 Å². The summed E-state index contributed by atoms with van der Waals surface area (Å²) in [5, 5.41) is 2.98. The molecule has 1 rings (SSSR count). The van der Waals surface area contributed by atoms with Crippen molar-refractivity contribution in [2.75, 3.05) is 19.0 Å². The van der Waals surface area contributed by atoms with E-state index >= 15 is 0 Å². The molecule has 1 aromatic heterocycles. The van der Waals surface area contributed by atoms with Gasteiger partial charge in [0.1, 0.15) is 18.1 Å². The number of hydrogen-bond donors (Lipinski definition) is 1. The van der Waals surface area contributed by atoms with Gasteiger partial charge < -0.3 is 14.8 Å². The summed E-state index contributed by atoms with van der Waals surface area (Å²) in [5.41, 5.74) is 0. The first-order valence-electron chi connectivity index (χ1n) is 4.06. The second-order valence-electron chi connectivity index (χ2n) is 2.68. The maximum Gasteiger partial charge on any atom is 0.224 e. The molecule has 1 N–H and O–H groups in total. The Balaban J connectivity index is 2.77. The highest BCUT2D eigenvalue weighted by Crippen LogP contribution is 2.20. The molecule has 5 nitrogen and oxygen atoms in total. The third kappa shape index (κ3) is 3.73. The lowest BCUT2D eigenvalue weighted by Gasteiger charge is -2.13. The second kappa shape index (κ2) is 5.99. The van der Waals surface area contributed by atoms with Gasteiger partial charge in [-0.3, -0.25) is 0 Å². The minimum Gasteiger partial charge on any atom is -0.382 e. The van der Waals surface area contributed by atoms with Crippen LogP contribution in [0.15, 0.2) is 10.7 Å². The van der Waals surface area contributed by atoms with Crippen molar-refractivity contribution < 1.29 is 9.53 Å². The number of aromatic nitrogens is 2. The fourth-order valence-electron chi connectivity index (χ4n) is 0.917. The minimum atomic E-state index is -0.461. The van der Waals surface area contributed by atoms with Gasteiger partial charge in [0.15, 0.2) is 0 Å². The third-order valence-electron chi connectivity index (χ3n) is 1.55. The van der Waals surface area contributed by atoms with Gasteiger partial charge in [-0.15, -0.1) is 0 Å². The van der Waals surface area contributed by atoms with Crippen LogP contribution in [0, 0.1) is 0 Å². The summed E-state index contributed by atoms with van der Waals surface area (Å²) >= 11 is 8.85. The molecular weight excluding hydrogens is 285 g/mol. The Kier molecular flexibility index (Phi) is 4.93. The number of carbonyl (C=O) groups is 1. The van der Waals surface area contributed by atoms with E-state index in [0.29, 0.717) is 10.3 Å². The average molecular weight is 295 g/mol. The fraction of sp³-hybridized carbons (Fsp3) is 0.375. The molecule has 0 saturated carbocycles. The van der Waals surface area contributed by atoms with Gasteiger partial charge in [0.2, 0.25) is 5.28 Å². The van der Waals surface area contributed by atoms with E-state index in [4.69, 9.17) is 16.3 Å². The van der Waals surface area contributed by atoms with Gasteiger partial charge in [0.25, 0.3) is 0 Å². The van der Waals surface area contributed by atoms with Crippen molar-refractivity contribution in [2.24, 2.45) is 0 Å². The van der Waals surface area contributed by atoms with Gasteiger partial charge in [-0.1, -0.05) is 0 Å². The van der Waals surface area contributed by atoms with Gasteiger partial charge in [-0.2, -0.15) is 4.98 Å². The molecule has 15 heavy (non-hydrogen) atoms. The second-order valence-corrected chi connectivity index (χ2v) is 3.87. The van der Waals surface area contributed by atoms with Crippen molar-refractivity contribution >= 4 is 39.6 Å². The summed E-state index contributed by atoms with van der Waals surface area (Å²) in [6.45, 7) is 0.261. The zero-order valence-electron chi connectivity index (χ0n) is 7.91. The minimum absolute atomic E-state index is 0.114. The molecule has 0 saturated heterocycles. The van der Waals surface area contributed by atoms with E-state index < -0.39 is 6.04 Å². The van der Waals surface area contributed by atoms with Crippen molar-refractivity contribution in [3.8, 4) is 0 Å². The van der Waals surface area contributed by atoms with E-state index in [0.717, 1.165) is 6.29 Å². The molecule has 7 heteroatoms. The van der Waals surface area contributed by atoms with Crippen molar-refractivity contribution in [3.05, 3.63) is 16.0 Å². The van der Waals surface area contributed by atoms with E-state index in [9.17, 15) is 4.79 Å². The van der Waals surface area contributed by atoms with Gasteiger partial charge in [-0.05, 0) is 27.5 Å². The van der Waals surface area contributed by atoms with Crippen LogP contribution >= 0.6 is 27.5 Å². The van der Waals surface area contributed by atoms with E-state index in [1.165, 1.54) is 13.3 Å². The number of nitrogens with one attached hydrogen (secondary N) is 1. The number of hydrogen-bond acceptors (Lipinski definition) is 5. The molecular formula is C8H9BrClN3O2. The zero-order valence-corrected chi connectivity index (χ0v) is 10.2. The van der Waals surface area contributed by atoms with Crippen LogP contribution in [0.5, 0.6) is 0 Å². The molecule has 0 amide bonds. The first kappa shape index (κ1) is 12.4.